The van der Waals surface area contributed by atoms with Gasteiger partial charge in [-0.2, -0.15) is 0 Å². The minimum absolute atomic E-state index is 0.515. The molecule has 112 valence electrons. The molecule has 0 bridgehead atoms. The molecular formula is C15H32N4. The molecule has 1 aliphatic carbocycles. The molecule has 1 fully saturated rings. The highest BCUT2D eigenvalue weighted by Gasteiger charge is 2.31. The summed E-state index contributed by atoms with van der Waals surface area (Å²) in [5.74, 6) is 0.957. The first-order valence-electron chi connectivity index (χ1n) is 7.71. The summed E-state index contributed by atoms with van der Waals surface area (Å²) in [4.78, 5) is 6.52. The van der Waals surface area contributed by atoms with Gasteiger partial charge in [0.25, 0.3) is 0 Å². The minimum atomic E-state index is 0.515. The van der Waals surface area contributed by atoms with Crippen molar-refractivity contribution in [2.75, 3.05) is 40.8 Å². The first kappa shape index (κ1) is 16.3. The standard InChI is InChI=1S/C15H32N4/c1-5-15(9-6-7-10-15)13-18-14(16-2)17-11-8-12-19(3)4/h5-13H2,1-4H3,(H2,16,17,18). The Labute approximate surface area is 119 Å². The highest BCUT2D eigenvalue weighted by molar-refractivity contribution is 5.79. The first-order chi connectivity index (χ1) is 9.12. The van der Waals surface area contributed by atoms with E-state index >= 15 is 0 Å². The van der Waals surface area contributed by atoms with Gasteiger partial charge in [0.2, 0.25) is 0 Å². The van der Waals surface area contributed by atoms with Gasteiger partial charge in [-0.25, -0.2) is 0 Å². The number of guanidine groups is 1. The average molecular weight is 268 g/mol. The van der Waals surface area contributed by atoms with Gasteiger partial charge in [-0.15, -0.1) is 0 Å². The Balaban J connectivity index is 2.25. The van der Waals surface area contributed by atoms with Crippen molar-refractivity contribution < 1.29 is 0 Å². The van der Waals surface area contributed by atoms with E-state index in [9.17, 15) is 0 Å². The van der Waals surface area contributed by atoms with Gasteiger partial charge < -0.3 is 15.5 Å². The molecule has 0 aliphatic heterocycles. The van der Waals surface area contributed by atoms with Crippen molar-refractivity contribution >= 4 is 5.96 Å². The second kappa shape index (κ2) is 8.41. The fraction of sp³-hybridized carbons (Fsp3) is 0.933. The van der Waals surface area contributed by atoms with E-state index in [-0.39, 0.29) is 0 Å². The molecule has 4 nitrogen and oxygen atoms in total. The summed E-state index contributed by atoms with van der Waals surface area (Å²) in [5.41, 5.74) is 0.515. The van der Waals surface area contributed by atoms with E-state index in [1.807, 2.05) is 7.05 Å². The van der Waals surface area contributed by atoms with Crippen molar-refractivity contribution in [1.29, 1.82) is 0 Å². The monoisotopic (exact) mass is 268 g/mol. The summed E-state index contributed by atoms with van der Waals surface area (Å²) in [6.45, 7) is 5.48. The van der Waals surface area contributed by atoms with Crippen LogP contribution in [0.15, 0.2) is 4.99 Å². The fourth-order valence-electron chi connectivity index (χ4n) is 2.87. The summed E-state index contributed by atoms with van der Waals surface area (Å²) in [6, 6.07) is 0. The van der Waals surface area contributed by atoms with E-state index in [1.54, 1.807) is 0 Å². The van der Waals surface area contributed by atoms with Crippen LogP contribution in [-0.2, 0) is 0 Å². The predicted molar refractivity (Wildman–Crippen MR) is 83.7 cm³/mol. The second-order valence-corrected chi connectivity index (χ2v) is 6.07. The average Bonchev–Trinajstić information content (AvgIpc) is 2.87. The quantitative estimate of drug-likeness (QED) is 0.422. The molecule has 0 aromatic heterocycles. The third kappa shape index (κ3) is 5.81. The maximum absolute atomic E-state index is 4.31. The molecule has 0 saturated heterocycles. The number of nitrogens with zero attached hydrogens (tertiary/aromatic N) is 2. The van der Waals surface area contributed by atoms with Crippen molar-refractivity contribution in [2.45, 2.75) is 45.4 Å². The largest absolute Gasteiger partial charge is 0.356 e. The van der Waals surface area contributed by atoms with Crippen molar-refractivity contribution in [3.63, 3.8) is 0 Å². The molecule has 0 spiro atoms. The maximum atomic E-state index is 4.31. The van der Waals surface area contributed by atoms with E-state index in [0.29, 0.717) is 5.41 Å². The third-order valence-corrected chi connectivity index (χ3v) is 4.34. The Hall–Kier alpha value is -0.770. The van der Waals surface area contributed by atoms with Crippen LogP contribution < -0.4 is 10.6 Å². The first-order valence-corrected chi connectivity index (χ1v) is 7.71. The lowest BCUT2D eigenvalue weighted by atomic mass is 9.83. The highest BCUT2D eigenvalue weighted by atomic mass is 15.2. The van der Waals surface area contributed by atoms with Crippen LogP contribution in [0.2, 0.25) is 0 Å². The fourth-order valence-corrected chi connectivity index (χ4v) is 2.87. The van der Waals surface area contributed by atoms with Crippen molar-refractivity contribution in [1.82, 2.24) is 15.5 Å². The highest BCUT2D eigenvalue weighted by Crippen LogP contribution is 2.40. The zero-order valence-electron chi connectivity index (χ0n) is 13.3. The second-order valence-electron chi connectivity index (χ2n) is 6.07. The van der Waals surface area contributed by atoms with E-state index in [4.69, 9.17) is 0 Å². The van der Waals surface area contributed by atoms with Crippen LogP contribution in [0.5, 0.6) is 0 Å². The normalized spacial score (nSPS) is 18.9. The molecule has 1 aliphatic rings. The van der Waals surface area contributed by atoms with Gasteiger partial charge in [-0.3, -0.25) is 4.99 Å². The van der Waals surface area contributed by atoms with Gasteiger partial charge in [-0.1, -0.05) is 19.8 Å². The molecular weight excluding hydrogens is 236 g/mol. The molecule has 0 aromatic carbocycles. The third-order valence-electron chi connectivity index (χ3n) is 4.34. The van der Waals surface area contributed by atoms with Crippen LogP contribution in [0.3, 0.4) is 0 Å². The zero-order chi connectivity index (χ0) is 14.1. The SMILES string of the molecule is CCC1(CNC(=NC)NCCCN(C)C)CCCC1. The van der Waals surface area contributed by atoms with Crippen LogP contribution in [0.4, 0.5) is 0 Å². The van der Waals surface area contributed by atoms with E-state index in [0.717, 1.165) is 32.0 Å². The lowest BCUT2D eigenvalue weighted by molar-refractivity contribution is 0.283. The number of rotatable bonds is 7. The zero-order valence-corrected chi connectivity index (χ0v) is 13.3. The van der Waals surface area contributed by atoms with Crippen LogP contribution in [-0.4, -0.2) is 51.6 Å². The van der Waals surface area contributed by atoms with Gasteiger partial charge in [0.1, 0.15) is 0 Å². The molecule has 0 radical (unpaired) electrons. The molecule has 19 heavy (non-hydrogen) atoms. The molecule has 0 amide bonds. The van der Waals surface area contributed by atoms with Crippen molar-refractivity contribution in [3.8, 4) is 0 Å². The van der Waals surface area contributed by atoms with Gasteiger partial charge in [-0.05, 0) is 51.7 Å². The smallest absolute Gasteiger partial charge is 0.190 e. The number of hydrogen-bond donors (Lipinski definition) is 2. The summed E-state index contributed by atoms with van der Waals surface area (Å²) in [6.07, 6.45) is 7.95. The minimum Gasteiger partial charge on any atom is -0.356 e. The summed E-state index contributed by atoms with van der Waals surface area (Å²) in [7, 11) is 6.07. The molecule has 0 unspecified atom stereocenters. The van der Waals surface area contributed by atoms with Crippen LogP contribution in [0.25, 0.3) is 0 Å². The van der Waals surface area contributed by atoms with Crippen LogP contribution in [0, 0.1) is 5.41 Å². The Morgan fingerprint density at radius 2 is 1.89 bits per heavy atom. The molecule has 0 heterocycles. The van der Waals surface area contributed by atoms with E-state index in [1.165, 1.54) is 32.1 Å². The molecule has 1 rings (SSSR count). The van der Waals surface area contributed by atoms with Crippen molar-refractivity contribution in [3.05, 3.63) is 0 Å². The summed E-state index contributed by atoms with van der Waals surface area (Å²) in [5, 5.41) is 6.92. The molecule has 2 N–H and O–H groups in total. The maximum Gasteiger partial charge on any atom is 0.190 e. The predicted octanol–water partition coefficient (Wildman–Crippen LogP) is 2.07. The Bertz CT molecular complexity index is 267. The van der Waals surface area contributed by atoms with Crippen LogP contribution >= 0.6 is 0 Å². The summed E-state index contributed by atoms with van der Waals surface area (Å²) < 4.78 is 0. The van der Waals surface area contributed by atoms with Gasteiger partial charge in [0.15, 0.2) is 5.96 Å². The Morgan fingerprint density at radius 3 is 2.42 bits per heavy atom. The van der Waals surface area contributed by atoms with Gasteiger partial charge in [0.05, 0.1) is 0 Å². The lowest BCUT2D eigenvalue weighted by Crippen LogP contribution is -2.43. The van der Waals surface area contributed by atoms with E-state index in [2.05, 4.69) is 41.5 Å². The van der Waals surface area contributed by atoms with Gasteiger partial charge >= 0.3 is 0 Å². The molecule has 0 atom stereocenters. The van der Waals surface area contributed by atoms with E-state index < -0.39 is 0 Å². The van der Waals surface area contributed by atoms with Crippen LogP contribution in [0.1, 0.15) is 45.4 Å². The van der Waals surface area contributed by atoms with Gasteiger partial charge in [0, 0.05) is 20.1 Å². The number of hydrogen-bond acceptors (Lipinski definition) is 2. The molecule has 0 aromatic rings. The Kier molecular flexibility index (Phi) is 7.21. The number of aliphatic imine (C=N–C) groups is 1. The molecule has 4 heteroatoms. The Morgan fingerprint density at radius 1 is 1.21 bits per heavy atom. The lowest BCUT2D eigenvalue weighted by Gasteiger charge is -2.28. The topological polar surface area (TPSA) is 39.7 Å². The molecule has 1 saturated carbocycles. The summed E-state index contributed by atoms with van der Waals surface area (Å²) >= 11 is 0. The van der Waals surface area contributed by atoms with Crippen molar-refractivity contribution in [2.24, 2.45) is 10.4 Å². The number of nitrogens with one attached hydrogen (secondary N) is 2.